The maximum atomic E-state index is 3.20. The molecule has 0 bridgehead atoms. The minimum Gasteiger partial charge on any atom is -0.361 e. The summed E-state index contributed by atoms with van der Waals surface area (Å²) in [5.74, 6) is 0. The average Bonchev–Trinajstić information content (AvgIpc) is 2.74. The monoisotopic (exact) mass is 196 g/mol. The van der Waals surface area contributed by atoms with E-state index in [1.54, 1.807) is 0 Å². The Balaban J connectivity index is 1.91. The predicted octanol–water partition coefficient (Wildman–Crippen LogP) is 1.57. The van der Waals surface area contributed by atoms with Gasteiger partial charge in [0.25, 0.3) is 0 Å². The molecule has 0 aromatic carbocycles. The Labute approximate surface area is 74.6 Å². The van der Waals surface area contributed by atoms with Gasteiger partial charge in [0.05, 0.1) is 0 Å². The van der Waals surface area contributed by atoms with Crippen LogP contribution in [0.25, 0.3) is 0 Å². The molecular formula is C8H10N2P2. The fourth-order valence-electron chi connectivity index (χ4n) is 0.951. The van der Waals surface area contributed by atoms with Gasteiger partial charge in [0.2, 0.25) is 0 Å². The minimum atomic E-state index is 0.864. The van der Waals surface area contributed by atoms with E-state index >= 15 is 0 Å². The van der Waals surface area contributed by atoms with Crippen LogP contribution >= 0.6 is 16.5 Å². The fourth-order valence-corrected chi connectivity index (χ4v) is 3.63. The van der Waals surface area contributed by atoms with E-state index in [1.165, 1.54) is 10.9 Å². The van der Waals surface area contributed by atoms with Crippen molar-refractivity contribution in [3.05, 3.63) is 36.7 Å². The Hall–Kier alpha value is -0.580. The molecule has 2 heterocycles. The van der Waals surface area contributed by atoms with Gasteiger partial charge in [-0.25, -0.2) is 0 Å². The summed E-state index contributed by atoms with van der Waals surface area (Å²) in [6, 6.07) is 8.35. The maximum Gasteiger partial charge on any atom is 0.0397 e. The Kier molecular flexibility index (Phi) is 2.60. The van der Waals surface area contributed by atoms with Gasteiger partial charge in [-0.3, -0.25) is 0 Å². The average molecular weight is 196 g/mol. The molecule has 2 unspecified atom stereocenters. The van der Waals surface area contributed by atoms with E-state index in [0.29, 0.717) is 0 Å². The highest BCUT2D eigenvalue weighted by Gasteiger charge is 1.94. The van der Waals surface area contributed by atoms with Gasteiger partial charge in [0.15, 0.2) is 0 Å². The van der Waals surface area contributed by atoms with Crippen molar-refractivity contribution in [2.75, 3.05) is 0 Å². The number of hydrogen-bond donors (Lipinski definition) is 2. The first kappa shape index (κ1) is 8.04. The molecule has 0 aliphatic heterocycles. The van der Waals surface area contributed by atoms with Gasteiger partial charge in [-0.2, -0.15) is 0 Å². The molecule has 0 aliphatic rings. The van der Waals surface area contributed by atoms with Crippen LogP contribution in [0.3, 0.4) is 0 Å². The summed E-state index contributed by atoms with van der Waals surface area (Å²) in [7, 11) is 1.73. The summed E-state index contributed by atoms with van der Waals surface area (Å²) in [5.41, 5.74) is 2.67. The van der Waals surface area contributed by atoms with E-state index in [1.807, 2.05) is 24.5 Å². The molecule has 2 atom stereocenters. The second-order valence-corrected chi connectivity index (χ2v) is 5.49. The van der Waals surface area contributed by atoms with Crippen LogP contribution in [-0.2, 0) is 0 Å². The molecule has 0 fully saturated rings. The van der Waals surface area contributed by atoms with Gasteiger partial charge in [0, 0.05) is 23.3 Å². The maximum absolute atomic E-state index is 3.20. The third-order valence-electron chi connectivity index (χ3n) is 1.53. The Morgan fingerprint density at radius 1 is 0.833 bits per heavy atom. The largest absolute Gasteiger partial charge is 0.361 e. The van der Waals surface area contributed by atoms with E-state index in [0.717, 1.165) is 16.5 Å². The number of H-pyrrole nitrogens is 2. The Morgan fingerprint density at radius 3 is 1.67 bits per heavy atom. The lowest BCUT2D eigenvalue weighted by Crippen LogP contribution is -1.94. The Bertz CT molecular complexity index is 278. The highest BCUT2D eigenvalue weighted by molar-refractivity contribution is 8.18. The molecular weight excluding hydrogens is 186 g/mol. The zero-order chi connectivity index (χ0) is 8.23. The fraction of sp³-hybridized carbons (Fsp3) is 0. The van der Waals surface area contributed by atoms with Crippen molar-refractivity contribution in [3.8, 4) is 0 Å². The molecule has 2 N–H and O–H groups in total. The van der Waals surface area contributed by atoms with Crippen LogP contribution in [0, 0.1) is 0 Å². The number of aromatic nitrogens is 2. The molecule has 0 saturated carbocycles. The summed E-state index contributed by atoms with van der Waals surface area (Å²) in [4.78, 5) is 6.41. The van der Waals surface area contributed by atoms with Crippen LogP contribution in [0.4, 0.5) is 0 Å². The molecule has 0 spiro atoms. The first-order valence-corrected chi connectivity index (χ1v) is 6.74. The zero-order valence-corrected chi connectivity index (χ0v) is 8.46. The highest BCUT2D eigenvalue weighted by atomic mass is 32.0. The summed E-state index contributed by atoms with van der Waals surface area (Å²) >= 11 is 0. The normalized spacial score (nSPS) is 12.3. The lowest BCUT2D eigenvalue weighted by molar-refractivity contribution is 1.47. The van der Waals surface area contributed by atoms with Crippen LogP contribution in [-0.4, -0.2) is 9.97 Å². The van der Waals surface area contributed by atoms with Gasteiger partial charge in [-0.15, -0.1) is 0 Å². The van der Waals surface area contributed by atoms with E-state index in [2.05, 4.69) is 22.1 Å². The van der Waals surface area contributed by atoms with Crippen molar-refractivity contribution < 1.29 is 0 Å². The van der Waals surface area contributed by atoms with E-state index in [9.17, 15) is 0 Å². The van der Waals surface area contributed by atoms with Crippen LogP contribution < -0.4 is 10.9 Å². The number of nitrogens with one attached hydrogen (secondary N) is 2. The van der Waals surface area contributed by atoms with Gasteiger partial charge in [0.1, 0.15) is 0 Å². The van der Waals surface area contributed by atoms with E-state index < -0.39 is 0 Å². The molecule has 12 heavy (non-hydrogen) atoms. The number of hydrogen-bond acceptors (Lipinski definition) is 0. The quantitative estimate of drug-likeness (QED) is 0.698. The molecule has 0 amide bonds. The van der Waals surface area contributed by atoms with Crippen molar-refractivity contribution in [2.24, 2.45) is 0 Å². The van der Waals surface area contributed by atoms with Gasteiger partial charge < -0.3 is 9.97 Å². The molecule has 2 rings (SSSR count). The van der Waals surface area contributed by atoms with Crippen LogP contribution in [0.2, 0.25) is 0 Å². The van der Waals surface area contributed by atoms with Crippen molar-refractivity contribution >= 4 is 27.4 Å². The molecule has 2 aromatic rings. The molecule has 0 aliphatic carbocycles. The van der Waals surface area contributed by atoms with Crippen LogP contribution in [0.5, 0.6) is 0 Å². The lowest BCUT2D eigenvalue weighted by Gasteiger charge is -1.95. The minimum absolute atomic E-state index is 0.864. The molecule has 2 aromatic heterocycles. The molecule has 2 nitrogen and oxygen atoms in total. The van der Waals surface area contributed by atoms with Crippen molar-refractivity contribution in [1.82, 2.24) is 9.97 Å². The van der Waals surface area contributed by atoms with Gasteiger partial charge in [-0.05, 0) is 40.8 Å². The first-order chi connectivity index (χ1) is 5.95. The zero-order valence-electron chi connectivity index (χ0n) is 6.46. The Morgan fingerprint density at radius 2 is 1.33 bits per heavy atom. The summed E-state index contributed by atoms with van der Waals surface area (Å²) in [6.07, 6.45) is 3.95. The predicted molar refractivity (Wildman–Crippen MR) is 57.5 cm³/mol. The molecule has 0 saturated heterocycles. The number of aromatic amines is 2. The molecule has 4 heteroatoms. The van der Waals surface area contributed by atoms with Crippen molar-refractivity contribution in [2.45, 2.75) is 0 Å². The number of rotatable bonds is 3. The highest BCUT2D eigenvalue weighted by Crippen LogP contribution is 2.33. The van der Waals surface area contributed by atoms with Gasteiger partial charge in [-0.1, -0.05) is 0 Å². The third-order valence-corrected chi connectivity index (χ3v) is 4.80. The SMILES string of the molecule is c1c[nH]c(PPc2ccc[nH]2)c1. The van der Waals surface area contributed by atoms with Gasteiger partial charge >= 0.3 is 0 Å². The van der Waals surface area contributed by atoms with Crippen LogP contribution in [0.15, 0.2) is 36.7 Å². The lowest BCUT2D eigenvalue weighted by atomic mass is 10.7. The smallest absolute Gasteiger partial charge is 0.0397 e. The van der Waals surface area contributed by atoms with E-state index in [4.69, 9.17) is 0 Å². The first-order valence-electron chi connectivity index (χ1n) is 3.74. The summed E-state index contributed by atoms with van der Waals surface area (Å²) in [6.45, 7) is 0. The standard InChI is InChI=1S/C8H10N2P2/c1-3-7(9-5-1)11-12-8-4-2-6-10-8/h1-6,9-12H. The second-order valence-electron chi connectivity index (χ2n) is 2.42. The topological polar surface area (TPSA) is 31.6 Å². The molecule has 62 valence electrons. The summed E-state index contributed by atoms with van der Waals surface area (Å²) in [5, 5.41) is 0. The van der Waals surface area contributed by atoms with E-state index in [-0.39, 0.29) is 0 Å². The van der Waals surface area contributed by atoms with Crippen molar-refractivity contribution in [1.29, 1.82) is 0 Å². The summed E-state index contributed by atoms with van der Waals surface area (Å²) < 4.78 is 0. The molecule has 0 radical (unpaired) electrons. The van der Waals surface area contributed by atoms with Crippen LogP contribution in [0.1, 0.15) is 0 Å². The second kappa shape index (κ2) is 3.89. The van der Waals surface area contributed by atoms with Crippen molar-refractivity contribution in [3.63, 3.8) is 0 Å². The third kappa shape index (κ3) is 1.97.